The molecule has 0 bridgehead atoms. The van der Waals surface area contributed by atoms with Gasteiger partial charge in [-0.05, 0) is 54.7 Å². The van der Waals surface area contributed by atoms with Crippen molar-refractivity contribution >= 4 is 15.7 Å². The van der Waals surface area contributed by atoms with E-state index in [0.29, 0.717) is 11.5 Å². The molecule has 22 heavy (non-hydrogen) atoms. The van der Waals surface area contributed by atoms with Crippen molar-refractivity contribution < 1.29 is 12.8 Å². The first-order valence-corrected chi connectivity index (χ1v) is 8.70. The molecule has 2 rings (SSSR count). The van der Waals surface area contributed by atoms with Crippen LogP contribution in [-0.2, 0) is 10.0 Å². The first kappa shape index (κ1) is 16.5. The summed E-state index contributed by atoms with van der Waals surface area (Å²) in [4.78, 5) is 0.170. The van der Waals surface area contributed by atoms with Crippen molar-refractivity contribution in [3.63, 3.8) is 0 Å². The highest BCUT2D eigenvalue weighted by Crippen LogP contribution is 2.23. The molecule has 3 nitrogen and oxygen atoms in total. The first-order valence-electron chi connectivity index (χ1n) is 7.22. The second-order valence-electron chi connectivity index (χ2n) is 5.44. The Labute approximate surface area is 131 Å². The van der Waals surface area contributed by atoms with E-state index >= 15 is 0 Å². The third-order valence-electron chi connectivity index (χ3n) is 3.82. The smallest absolute Gasteiger partial charge is 0.261 e. The number of aryl methyl sites for hydroxylation is 1. The number of sulfonamides is 1. The van der Waals surface area contributed by atoms with Gasteiger partial charge in [-0.15, -0.1) is 0 Å². The van der Waals surface area contributed by atoms with Crippen LogP contribution < -0.4 is 4.72 Å². The van der Waals surface area contributed by atoms with Crippen molar-refractivity contribution in [2.75, 3.05) is 4.72 Å². The lowest BCUT2D eigenvalue weighted by Gasteiger charge is -2.12. The molecule has 0 amide bonds. The molecule has 5 heteroatoms. The van der Waals surface area contributed by atoms with Crippen molar-refractivity contribution in [1.29, 1.82) is 0 Å². The molecule has 0 saturated carbocycles. The second kappa shape index (κ2) is 6.48. The van der Waals surface area contributed by atoms with E-state index in [1.807, 2.05) is 12.1 Å². The zero-order chi connectivity index (χ0) is 16.3. The zero-order valence-corrected chi connectivity index (χ0v) is 13.7. The molecule has 0 unspecified atom stereocenters. The van der Waals surface area contributed by atoms with Crippen LogP contribution >= 0.6 is 0 Å². The van der Waals surface area contributed by atoms with Crippen LogP contribution in [0.3, 0.4) is 0 Å². The predicted molar refractivity (Wildman–Crippen MR) is 87.1 cm³/mol. The number of benzene rings is 2. The van der Waals surface area contributed by atoms with Crippen LogP contribution in [0.25, 0.3) is 0 Å². The lowest BCUT2D eigenvalue weighted by atomic mass is 9.99. The summed E-state index contributed by atoms with van der Waals surface area (Å²) in [5.41, 5.74) is 2.02. The Morgan fingerprint density at radius 1 is 1.14 bits per heavy atom. The van der Waals surface area contributed by atoms with Gasteiger partial charge in [0.15, 0.2) is 0 Å². The lowest BCUT2D eigenvalue weighted by molar-refractivity contribution is 0.601. The minimum Gasteiger partial charge on any atom is -0.279 e. The van der Waals surface area contributed by atoms with Crippen LogP contribution in [0, 0.1) is 12.7 Å². The second-order valence-corrected chi connectivity index (χ2v) is 7.13. The molecule has 1 N–H and O–H groups in total. The Balaban J connectivity index is 2.28. The standard InChI is InChI=1S/C17H20FNO2S/c1-4-12(2)14-6-9-16(10-7-14)22(20,21)19-17-11-15(18)8-5-13(17)3/h5-12,19H,4H2,1-3H3/t12-/m1/s1. The summed E-state index contributed by atoms with van der Waals surface area (Å²) < 4.78 is 40.5. The lowest BCUT2D eigenvalue weighted by Crippen LogP contribution is -2.14. The Morgan fingerprint density at radius 2 is 1.77 bits per heavy atom. The molecular weight excluding hydrogens is 301 g/mol. The number of hydrogen-bond acceptors (Lipinski definition) is 2. The average molecular weight is 321 g/mol. The van der Waals surface area contributed by atoms with E-state index in [-0.39, 0.29) is 10.6 Å². The van der Waals surface area contributed by atoms with E-state index in [2.05, 4.69) is 18.6 Å². The van der Waals surface area contributed by atoms with Crippen molar-refractivity contribution in [1.82, 2.24) is 0 Å². The fourth-order valence-electron chi connectivity index (χ4n) is 2.12. The predicted octanol–water partition coefficient (Wildman–Crippen LogP) is 4.45. The van der Waals surface area contributed by atoms with E-state index < -0.39 is 15.8 Å². The Hall–Kier alpha value is -1.88. The molecule has 118 valence electrons. The molecule has 0 aliphatic carbocycles. The van der Waals surface area contributed by atoms with Gasteiger partial charge in [0.1, 0.15) is 5.82 Å². The third kappa shape index (κ3) is 3.65. The third-order valence-corrected chi connectivity index (χ3v) is 5.20. The molecule has 0 spiro atoms. The summed E-state index contributed by atoms with van der Waals surface area (Å²) in [7, 11) is -3.72. The molecule has 0 fully saturated rings. The Morgan fingerprint density at radius 3 is 2.36 bits per heavy atom. The normalized spacial score (nSPS) is 12.9. The largest absolute Gasteiger partial charge is 0.279 e. The van der Waals surface area contributed by atoms with Crippen LogP contribution in [0.15, 0.2) is 47.4 Å². The molecular formula is C17H20FNO2S. The van der Waals surface area contributed by atoms with Crippen LogP contribution in [0.1, 0.15) is 37.3 Å². The molecule has 0 aliphatic rings. The van der Waals surface area contributed by atoms with Gasteiger partial charge in [0, 0.05) is 0 Å². The van der Waals surface area contributed by atoms with Crippen LogP contribution in [0.2, 0.25) is 0 Å². The SMILES string of the molecule is CC[C@@H](C)c1ccc(S(=O)(=O)Nc2cc(F)ccc2C)cc1. The van der Waals surface area contributed by atoms with Crippen molar-refractivity contribution in [3.8, 4) is 0 Å². The summed E-state index contributed by atoms with van der Waals surface area (Å²) in [5, 5.41) is 0. The highest BCUT2D eigenvalue weighted by Gasteiger charge is 2.16. The molecule has 0 aromatic heterocycles. The first-order chi connectivity index (χ1) is 10.3. The van der Waals surface area contributed by atoms with Crippen molar-refractivity contribution in [2.24, 2.45) is 0 Å². The van der Waals surface area contributed by atoms with E-state index in [0.717, 1.165) is 12.0 Å². The van der Waals surface area contributed by atoms with Gasteiger partial charge in [0.05, 0.1) is 10.6 Å². The van der Waals surface area contributed by atoms with Gasteiger partial charge in [0.2, 0.25) is 0 Å². The number of hydrogen-bond donors (Lipinski definition) is 1. The van der Waals surface area contributed by atoms with Crippen LogP contribution in [-0.4, -0.2) is 8.42 Å². The maximum absolute atomic E-state index is 13.3. The van der Waals surface area contributed by atoms with E-state index in [1.165, 1.54) is 12.1 Å². The van der Waals surface area contributed by atoms with Gasteiger partial charge in [-0.3, -0.25) is 4.72 Å². The van der Waals surface area contributed by atoms with Crippen molar-refractivity contribution in [2.45, 2.75) is 38.0 Å². The summed E-state index contributed by atoms with van der Waals surface area (Å²) in [6.45, 7) is 5.91. The molecule has 0 heterocycles. The van der Waals surface area contributed by atoms with Crippen molar-refractivity contribution in [3.05, 3.63) is 59.4 Å². The van der Waals surface area contributed by atoms with Gasteiger partial charge in [-0.1, -0.05) is 32.0 Å². The summed E-state index contributed by atoms with van der Waals surface area (Å²) in [5.74, 6) is -0.0920. The highest BCUT2D eigenvalue weighted by molar-refractivity contribution is 7.92. The minimum absolute atomic E-state index is 0.170. The van der Waals surface area contributed by atoms with Gasteiger partial charge in [-0.2, -0.15) is 0 Å². The highest BCUT2D eigenvalue weighted by atomic mass is 32.2. The maximum atomic E-state index is 13.3. The zero-order valence-electron chi connectivity index (χ0n) is 12.9. The maximum Gasteiger partial charge on any atom is 0.261 e. The van der Waals surface area contributed by atoms with E-state index in [1.54, 1.807) is 25.1 Å². The minimum atomic E-state index is -3.72. The Bertz CT molecular complexity index is 755. The van der Waals surface area contributed by atoms with Crippen LogP contribution in [0.4, 0.5) is 10.1 Å². The van der Waals surface area contributed by atoms with Gasteiger partial charge >= 0.3 is 0 Å². The number of anilines is 1. The Kier molecular flexibility index (Phi) is 4.86. The van der Waals surface area contributed by atoms with Gasteiger partial charge in [0.25, 0.3) is 10.0 Å². The fraction of sp³-hybridized carbons (Fsp3) is 0.294. The molecule has 1 atom stereocenters. The van der Waals surface area contributed by atoms with Crippen LogP contribution in [0.5, 0.6) is 0 Å². The number of rotatable bonds is 5. The van der Waals surface area contributed by atoms with E-state index in [4.69, 9.17) is 0 Å². The summed E-state index contributed by atoms with van der Waals surface area (Å²) in [6, 6.07) is 10.8. The van der Waals surface area contributed by atoms with Gasteiger partial charge in [-0.25, -0.2) is 12.8 Å². The summed E-state index contributed by atoms with van der Waals surface area (Å²) in [6.07, 6.45) is 0.993. The van der Waals surface area contributed by atoms with E-state index in [9.17, 15) is 12.8 Å². The molecule has 2 aromatic rings. The number of halogens is 1. The molecule has 0 aliphatic heterocycles. The molecule has 0 radical (unpaired) electrons. The topological polar surface area (TPSA) is 46.2 Å². The van der Waals surface area contributed by atoms with Gasteiger partial charge < -0.3 is 0 Å². The quantitative estimate of drug-likeness (QED) is 0.884. The monoisotopic (exact) mass is 321 g/mol. The average Bonchev–Trinajstić information content (AvgIpc) is 2.50. The number of nitrogens with one attached hydrogen (secondary N) is 1. The fourth-order valence-corrected chi connectivity index (χ4v) is 3.24. The molecule has 0 saturated heterocycles. The molecule has 2 aromatic carbocycles. The summed E-state index contributed by atoms with van der Waals surface area (Å²) >= 11 is 0.